The van der Waals surface area contributed by atoms with E-state index in [1.54, 1.807) is 41.8 Å². The maximum atomic E-state index is 13.0. The highest BCUT2D eigenvalue weighted by Gasteiger charge is 2.26. The zero-order valence-corrected chi connectivity index (χ0v) is 19.2. The maximum absolute atomic E-state index is 13.0. The van der Waals surface area contributed by atoms with Crippen molar-refractivity contribution in [2.75, 3.05) is 12.3 Å². The molecule has 0 radical (unpaired) electrons. The van der Waals surface area contributed by atoms with Gasteiger partial charge in [0.25, 0.3) is 0 Å². The molecular weight excluding hydrogens is 427 g/mol. The fraction of sp³-hybridized carbons (Fsp3) is 0.364. The van der Waals surface area contributed by atoms with E-state index in [0.29, 0.717) is 34.3 Å². The van der Waals surface area contributed by atoms with E-state index in [1.165, 1.54) is 5.56 Å². The molecular formula is C22H26Cl2N2O2S. The molecule has 2 rings (SSSR count). The van der Waals surface area contributed by atoms with Crippen LogP contribution < -0.4 is 5.32 Å². The molecule has 29 heavy (non-hydrogen) atoms. The molecule has 156 valence electrons. The molecule has 0 aliphatic heterocycles. The van der Waals surface area contributed by atoms with Gasteiger partial charge in [0.05, 0.1) is 0 Å². The predicted octanol–water partition coefficient (Wildman–Crippen LogP) is 5.34. The highest BCUT2D eigenvalue weighted by Crippen LogP contribution is 2.27. The first-order valence-corrected chi connectivity index (χ1v) is 11.3. The Morgan fingerprint density at radius 1 is 1.10 bits per heavy atom. The average molecular weight is 453 g/mol. The molecule has 1 unspecified atom stereocenters. The van der Waals surface area contributed by atoms with Crippen LogP contribution in [0.25, 0.3) is 0 Å². The number of carbonyl (C=O) groups excluding carboxylic acids is 2. The smallest absolute Gasteiger partial charge is 0.242 e. The lowest BCUT2D eigenvalue weighted by molar-refractivity contribution is -0.140. The van der Waals surface area contributed by atoms with Crippen LogP contribution in [0.1, 0.15) is 31.4 Å². The Balaban J connectivity index is 2.11. The van der Waals surface area contributed by atoms with E-state index in [2.05, 4.69) is 5.32 Å². The molecule has 7 heteroatoms. The van der Waals surface area contributed by atoms with Gasteiger partial charge in [-0.3, -0.25) is 9.59 Å². The minimum Gasteiger partial charge on any atom is -0.355 e. The third-order valence-electron chi connectivity index (χ3n) is 4.51. The lowest BCUT2D eigenvalue weighted by atomic mass is 10.1. The van der Waals surface area contributed by atoms with Crippen LogP contribution in [0.4, 0.5) is 0 Å². The predicted molar refractivity (Wildman–Crippen MR) is 122 cm³/mol. The number of hydrogen-bond acceptors (Lipinski definition) is 3. The number of thioether (sulfide) groups is 1. The zero-order valence-electron chi connectivity index (χ0n) is 16.9. The van der Waals surface area contributed by atoms with Gasteiger partial charge in [-0.25, -0.2) is 0 Å². The number of hydrogen-bond donors (Lipinski definition) is 1. The second-order valence-electron chi connectivity index (χ2n) is 6.70. The molecule has 1 atom stereocenters. The highest BCUT2D eigenvalue weighted by atomic mass is 35.5. The van der Waals surface area contributed by atoms with Gasteiger partial charge in [0.15, 0.2) is 0 Å². The fourth-order valence-corrected chi connectivity index (χ4v) is 4.15. The van der Waals surface area contributed by atoms with Gasteiger partial charge in [-0.2, -0.15) is 0 Å². The van der Waals surface area contributed by atoms with Gasteiger partial charge in [-0.15, -0.1) is 11.8 Å². The van der Waals surface area contributed by atoms with Crippen molar-refractivity contribution in [3.8, 4) is 0 Å². The van der Waals surface area contributed by atoms with Crippen molar-refractivity contribution in [3.63, 3.8) is 0 Å². The Hall–Kier alpha value is -1.69. The first kappa shape index (κ1) is 23.6. The van der Waals surface area contributed by atoms with E-state index in [9.17, 15) is 9.59 Å². The lowest BCUT2D eigenvalue weighted by Crippen LogP contribution is -2.47. The Bertz CT molecular complexity index is 823. The van der Waals surface area contributed by atoms with Gasteiger partial charge in [0, 0.05) is 45.8 Å². The molecule has 0 heterocycles. The number of halogens is 2. The molecule has 2 aromatic rings. The normalized spacial score (nSPS) is 11.8. The number of amides is 2. The quantitative estimate of drug-likeness (QED) is 0.522. The van der Waals surface area contributed by atoms with Crippen LogP contribution in [-0.4, -0.2) is 35.1 Å². The van der Waals surface area contributed by atoms with Crippen molar-refractivity contribution in [2.24, 2.45) is 0 Å². The molecule has 0 saturated heterocycles. The summed E-state index contributed by atoms with van der Waals surface area (Å²) in [4.78, 5) is 28.1. The van der Waals surface area contributed by atoms with Crippen LogP contribution in [-0.2, 0) is 16.1 Å². The molecule has 0 saturated carbocycles. The van der Waals surface area contributed by atoms with Gasteiger partial charge in [-0.1, -0.05) is 47.0 Å². The third kappa shape index (κ3) is 6.95. The first-order valence-electron chi connectivity index (χ1n) is 9.53. The van der Waals surface area contributed by atoms with E-state index in [0.717, 1.165) is 4.90 Å². The van der Waals surface area contributed by atoms with Crippen molar-refractivity contribution >= 4 is 46.8 Å². The van der Waals surface area contributed by atoms with E-state index in [4.69, 9.17) is 23.2 Å². The second kappa shape index (κ2) is 11.5. The van der Waals surface area contributed by atoms with Crippen molar-refractivity contribution < 1.29 is 9.59 Å². The summed E-state index contributed by atoms with van der Waals surface area (Å²) in [7, 11) is 0. The first-order chi connectivity index (χ1) is 13.8. The van der Waals surface area contributed by atoms with Gasteiger partial charge in [-0.05, 0) is 45.0 Å². The van der Waals surface area contributed by atoms with Crippen LogP contribution in [0.15, 0.2) is 47.4 Å². The van der Waals surface area contributed by atoms with Crippen LogP contribution in [0.3, 0.4) is 0 Å². The lowest BCUT2D eigenvalue weighted by Gasteiger charge is -2.29. The van der Waals surface area contributed by atoms with Gasteiger partial charge in [0.2, 0.25) is 11.8 Å². The van der Waals surface area contributed by atoms with Crippen LogP contribution in [0.5, 0.6) is 0 Å². The molecule has 0 bridgehead atoms. The van der Waals surface area contributed by atoms with E-state index in [1.807, 2.05) is 38.1 Å². The monoisotopic (exact) mass is 452 g/mol. The van der Waals surface area contributed by atoms with Gasteiger partial charge < -0.3 is 10.2 Å². The third-order valence-corrected chi connectivity index (χ3v) is 6.24. The summed E-state index contributed by atoms with van der Waals surface area (Å²) >= 11 is 14.2. The van der Waals surface area contributed by atoms with E-state index < -0.39 is 6.04 Å². The fourth-order valence-electron chi connectivity index (χ4n) is 2.79. The summed E-state index contributed by atoms with van der Waals surface area (Å²) in [5.74, 6) is 0.311. The number of benzene rings is 2. The number of nitrogens with one attached hydrogen (secondary N) is 1. The van der Waals surface area contributed by atoms with Crippen LogP contribution >= 0.6 is 35.0 Å². The minimum absolute atomic E-state index is 0.112. The Kier molecular flexibility index (Phi) is 9.34. The summed E-state index contributed by atoms with van der Waals surface area (Å²) < 4.78 is 0. The van der Waals surface area contributed by atoms with Crippen molar-refractivity contribution in [2.45, 2.75) is 44.7 Å². The van der Waals surface area contributed by atoms with E-state index in [-0.39, 0.29) is 18.4 Å². The standard InChI is InChI=1S/C22H26Cl2N2O2S/c1-4-25-22(28)16(3)26(14-18-19(23)6-5-7-20(18)24)21(27)12-13-29-17-10-8-15(2)9-11-17/h5-11,16H,4,12-14H2,1-3H3,(H,25,28). The van der Waals surface area contributed by atoms with Crippen LogP contribution in [0, 0.1) is 6.92 Å². The molecule has 2 aromatic carbocycles. The molecule has 0 aromatic heterocycles. The van der Waals surface area contributed by atoms with Gasteiger partial charge in [0.1, 0.15) is 6.04 Å². The van der Waals surface area contributed by atoms with Gasteiger partial charge >= 0.3 is 0 Å². The van der Waals surface area contributed by atoms with Crippen molar-refractivity contribution in [3.05, 3.63) is 63.6 Å². The van der Waals surface area contributed by atoms with Crippen molar-refractivity contribution in [1.82, 2.24) is 10.2 Å². The SMILES string of the molecule is CCNC(=O)C(C)N(Cc1c(Cl)cccc1Cl)C(=O)CCSc1ccc(C)cc1. The number of aryl methyl sites for hydroxylation is 1. The molecule has 1 N–H and O–H groups in total. The maximum Gasteiger partial charge on any atom is 0.242 e. The van der Waals surface area contributed by atoms with Crippen LogP contribution in [0.2, 0.25) is 10.0 Å². The average Bonchev–Trinajstić information content (AvgIpc) is 2.69. The largest absolute Gasteiger partial charge is 0.355 e. The second-order valence-corrected chi connectivity index (χ2v) is 8.69. The number of carbonyl (C=O) groups is 2. The number of rotatable bonds is 9. The molecule has 0 fully saturated rings. The summed E-state index contributed by atoms with van der Waals surface area (Å²) in [5, 5.41) is 3.74. The Morgan fingerprint density at radius 2 is 1.72 bits per heavy atom. The minimum atomic E-state index is -0.626. The number of nitrogens with zero attached hydrogens (tertiary/aromatic N) is 1. The summed E-state index contributed by atoms with van der Waals surface area (Å²) in [5.41, 5.74) is 1.84. The molecule has 0 aliphatic carbocycles. The van der Waals surface area contributed by atoms with E-state index >= 15 is 0 Å². The summed E-state index contributed by atoms with van der Waals surface area (Å²) in [6.45, 7) is 6.30. The number of likely N-dealkylation sites (N-methyl/N-ethyl adjacent to an activating group) is 1. The molecule has 0 aliphatic rings. The molecule has 4 nitrogen and oxygen atoms in total. The summed E-state index contributed by atoms with van der Waals surface area (Å²) in [6, 6.07) is 12.8. The molecule has 2 amide bonds. The molecule has 0 spiro atoms. The zero-order chi connectivity index (χ0) is 21.4. The Labute approximate surface area is 187 Å². The Morgan fingerprint density at radius 3 is 2.31 bits per heavy atom. The highest BCUT2D eigenvalue weighted by molar-refractivity contribution is 7.99. The topological polar surface area (TPSA) is 49.4 Å². The summed E-state index contributed by atoms with van der Waals surface area (Å²) in [6.07, 6.45) is 0.310. The van der Waals surface area contributed by atoms with Crippen molar-refractivity contribution in [1.29, 1.82) is 0 Å².